The van der Waals surface area contributed by atoms with Crippen molar-refractivity contribution in [3.8, 4) is 17.2 Å². The molecule has 170 valence electrons. The second kappa shape index (κ2) is 9.17. The number of benzene rings is 2. The third kappa shape index (κ3) is 4.15. The van der Waals surface area contributed by atoms with Gasteiger partial charge in [-0.3, -0.25) is 9.29 Å². The molecule has 1 aliphatic rings. The van der Waals surface area contributed by atoms with Gasteiger partial charge in [-0.15, -0.1) is 10.2 Å². The molecule has 0 amide bonds. The molecule has 1 N–H and O–H groups in total. The van der Waals surface area contributed by atoms with E-state index in [4.69, 9.17) is 14.2 Å². The minimum absolute atomic E-state index is 0.0427. The van der Waals surface area contributed by atoms with Gasteiger partial charge < -0.3 is 14.2 Å². The van der Waals surface area contributed by atoms with Crippen LogP contribution in [0.25, 0.3) is 5.69 Å². The van der Waals surface area contributed by atoms with Crippen LogP contribution in [0.15, 0.2) is 48.5 Å². The fourth-order valence-electron chi connectivity index (χ4n) is 3.74. The molecular weight excluding hydrogens is 432 g/mol. The maximum Gasteiger partial charge on any atom is 0.243 e. The van der Waals surface area contributed by atoms with Crippen molar-refractivity contribution in [2.45, 2.75) is 31.1 Å². The van der Waals surface area contributed by atoms with Crippen LogP contribution in [0.5, 0.6) is 11.5 Å². The van der Waals surface area contributed by atoms with Crippen molar-refractivity contribution in [1.82, 2.24) is 14.8 Å². The maximum atomic E-state index is 13.2. The molecule has 0 spiro atoms. The second-order valence-corrected chi connectivity index (χ2v) is 9.43. The van der Waals surface area contributed by atoms with Crippen molar-refractivity contribution in [3.05, 3.63) is 59.9 Å². The Balaban J connectivity index is 1.83. The van der Waals surface area contributed by atoms with Gasteiger partial charge in [0.15, 0.2) is 5.82 Å². The van der Waals surface area contributed by atoms with Crippen molar-refractivity contribution < 1.29 is 22.6 Å². The standard InChI is InChI=1S/C22H26N4O5S/c1-15(16-9-5-4-6-10-16)32(27,28)25-22-24-23-21(19-13-8-14-31-19)26(22)20-17(29-2)11-7-12-18(20)30-3/h4-7,9-12,15,19H,8,13-14H2,1-3H3,(H,24,25)/t15-,19+/m1/s1. The zero-order valence-corrected chi connectivity index (χ0v) is 19.0. The molecule has 2 atom stereocenters. The molecule has 0 radical (unpaired) electrons. The fourth-order valence-corrected chi connectivity index (χ4v) is 4.82. The molecule has 1 aromatic heterocycles. The Bertz CT molecular complexity index is 1150. The lowest BCUT2D eigenvalue weighted by atomic mass is 10.2. The van der Waals surface area contributed by atoms with Gasteiger partial charge in [0.25, 0.3) is 0 Å². The summed E-state index contributed by atoms with van der Waals surface area (Å²) in [7, 11) is -0.767. The molecule has 0 bridgehead atoms. The highest BCUT2D eigenvalue weighted by Crippen LogP contribution is 2.39. The van der Waals surface area contributed by atoms with Gasteiger partial charge in [0.2, 0.25) is 16.0 Å². The second-order valence-electron chi connectivity index (χ2n) is 7.43. The average Bonchev–Trinajstić information content (AvgIpc) is 3.48. The number of para-hydroxylation sites is 1. The van der Waals surface area contributed by atoms with Gasteiger partial charge in [0.1, 0.15) is 28.5 Å². The minimum atomic E-state index is -3.84. The fraction of sp³-hybridized carbons (Fsp3) is 0.364. The molecule has 3 aromatic rings. The van der Waals surface area contributed by atoms with E-state index in [9.17, 15) is 8.42 Å². The number of sulfonamides is 1. The number of hydrogen-bond acceptors (Lipinski definition) is 7. The van der Waals surface area contributed by atoms with E-state index in [0.717, 1.165) is 12.8 Å². The van der Waals surface area contributed by atoms with Gasteiger partial charge in [0, 0.05) is 6.61 Å². The predicted octanol–water partition coefficient (Wildman–Crippen LogP) is 3.64. The van der Waals surface area contributed by atoms with Crippen LogP contribution in [-0.2, 0) is 14.8 Å². The molecule has 2 aromatic carbocycles. The number of ether oxygens (including phenoxy) is 3. The van der Waals surface area contributed by atoms with Crippen LogP contribution >= 0.6 is 0 Å². The maximum absolute atomic E-state index is 13.2. The van der Waals surface area contributed by atoms with Crippen molar-refractivity contribution in [2.75, 3.05) is 25.5 Å². The van der Waals surface area contributed by atoms with Crippen LogP contribution in [-0.4, -0.2) is 44.0 Å². The first-order valence-corrected chi connectivity index (χ1v) is 11.9. The molecule has 1 aliphatic heterocycles. The third-order valence-electron chi connectivity index (χ3n) is 5.50. The number of aromatic nitrogens is 3. The number of hydrogen-bond donors (Lipinski definition) is 1. The van der Waals surface area contributed by atoms with E-state index in [-0.39, 0.29) is 12.1 Å². The van der Waals surface area contributed by atoms with Crippen molar-refractivity contribution in [1.29, 1.82) is 0 Å². The summed E-state index contributed by atoms with van der Waals surface area (Å²) in [6.45, 7) is 2.23. The molecular formula is C22H26N4O5S. The highest BCUT2D eigenvalue weighted by Gasteiger charge is 2.32. The first kappa shape index (κ1) is 22.1. The van der Waals surface area contributed by atoms with Crippen LogP contribution in [0.2, 0.25) is 0 Å². The van der Waals surface area contributed by atoms with E-state index in [1.807, 2.05) is 6.07 Å². The van der Waals surface area contributed by atoms with Gasteiger partial charge in [-0.1, -0.05) is 36.4 Å². The minimum Gasteiger partial charge on any atom is -0.494 e. The Kier molecular flexibility index (Phi) is 6.33. The normalized spacial score (nSPS) is 17.2. The monoisotopic (exact) mass is 458 g/mol. The summed E-state index contributed by atoms with van der Waals surface area (Å²) in [5.74, 6) is 1.50. The summed E-state index contributed by atoms with van der Waals surface area (Å²) < 4.78 is 47.7. The summed E-state index contributed by atoms with van der Waals surface area (Å²) >= 11 is 0. The Hall–Kier alpha value is -3.11. The molecule has 0 unspecified atom stereocenters. The molecule has 9 nitrogen and oxygen atoms in total. The Morgan fingerprint density at radius 1 is 1.06 bits per heavy atom. The molecule has 1 saturated heterocycles. The lowest BCUT2D eigenvalue weighted by Crippen LogP contribution is -2.22. The van der Waals surface area contributed by atoms with Gasteiger partial charge in [-0.05, 0) is 37.5 Å². The smallest absolute Gasteiger partial charge is 0.243 e. The zero-order valence-electron chi connectivity index (χ0n) is 18.2. The Morgan fingerprint density at radius 3 is 2.34 bits per heavy atom. The molecule has 1 fully saturated rings. The van der Waals surface area contributed by atoms with E-state index in [1.54, 1.807) is 54.0 Å². The van der Waals surface area contributed by atoms with E-state index in [0.29, 0.717) is 35.2 Å². The summed E-state index contributed by atoms with van der Waals surface area (Å²) in [4.78, 5) is 0. The summed E-state index contributed by atoms with van der Waals surface area (Å²) in [5.41, 5.74) is 1.17. The number of nitrogens with one attached hydrogen (secondary N) is 1. The topological polar surface area (TPSA) is 105 Å². The van der Waals surface area contributed by atoms with E-state index in [1.165, 1.54) is 14.2 Å². The largest absolute Gasteiger partial charge is 0.494 e. The Morgan fingerprint density at radius 2 is 1.75 bits per heavy atom. The average molecular weight is 459 g/mol. The van der Waals surface area contributed by atoms with Crippen LogP contribution in [0, 0.1) is 0 Å². The van der Waals surface area contributed by atoms with Gasteiger partial charge in [-0.2, -0.15) is 0 Å². The highest BCUT2D eigenvalue weighted by molar-refractivity contribution is 7.92. The van der Waals surface area contributed by atoms with Gasteiger partial charge in [0.05, 0.1) is 14.2 Å². The third-order valence-corrected chi connectivity index (χ3v) is 7.17. The SMILES string of the molecule is COc1cccc(OC)c1-n1c(NS(=O)(=O)[C@H](C)c2ccccc2)nnc1[C@@H]1CCCO1. The summed E-state index contributed by atoms with van der Waals surface area (Å²) in [6, 6.07) is 14.3. The van der Waals surface area contributed by atoms with Gasteiger partial charge in [-0.25, -0.2) is 8.42 Å². The van der Waals surface area contributed by atoms with E-state index in [2.05, 4.69) is 14.9 Å². The van der Waals surface area contributed by atoms with Crippen LogP contribution in [0.1, 0.15) is 42.5 Å². The molecule has 2 heterocycles. The van der Waals surface area contributed by atoms with Gasteiger partial charge >= 0.3 is 0 Å². The molecule has 0 aliphatic carbocycles. The van der Waals surface area contributed by atoms with Crippen molar-refractivity contribution >= 4 is 16.0 Å². The lowest BCUT2D eigenvalue weighted by Gasteiger charge is -2.20. The van der Waals surface area contributed by atoms with E-state index < -0.39 is 15.3 Å². The predicted molar refractivity (Wildman–Crippen MR) is 120 cm³/mol. The molecule has 10 heteroatoms. The molecule has 32 heavy (non-hydrogen) atoms. The quantitative estimate of drug-likeness (QED) is 0.549. The zero-order chi connectivity index (χ0) is 22.7. The van der Waals surface area contributed by atoms with Crippen LogP contribution in [0.3, 0.4) is 0 Å². The van der Waals surface area contributed by atoms with E-state index >= 15 is 0 Å². The molecule has 0 saturated carbocycles. The first-order chi connectivity index (χ1) is 15.5. The highest BCUT2D eigenvalue weighted by atomic mass is 32.2. The van der Waals surface area contributed by atoms with Crippen LogP contribution in [0.4, 0.5) is 5.95 Å². The van der Waals surface area contributed by atoms with Crippen molar-refractivity contribution in [3.63, 3.8) is 0 Å². The Labute approximate surface area is 187 Å². The summed E-state index contributed by atoms with van der Waals surface area (Å²) in [6.07, 6.45) is 1.32. The first-order valence-electron chi connectivity index (χ1n) is 10.3. The molecule has 4 rings (SSSR count). The number of anilines is 1. The number of nitrogens with zero attached hydrogens (tertiary/aromatic N) is 3. The lowest BCUT2D eigenvalue weighted by molar-refractivity contribution is 0.103. The number of rotatable bonds is 8. The summed E-state index contributed by atoms with van der Waals surface area (Å²) in [5, 5.41) is 7.67. The number of methoxy groups -OCH3 is 2. The van der Waals surface area contributed by atoms with Crippen molar-refractivity contribution in [2.24, 2.45) is 0 Å². The van der Waals surface area contributed by atoms with Crippen LogP contribution < -0.4 is 14.2 Å².